The first-order valence-corrected chi connectivity index (χ1v) is 5.85. The van der Waals surface area contributed by atoms with Crippen molar-refractivity contribution in [2.45, 2.75) is 13.0 Å². The molecule has 1 heterocycles. The third kappa shape index (κ3) is 2.71. The fourth-order valence-corrected chi connectivity index (χ4v) is 1.74. The third-order valence-corrected chi connectivity index (χ3v) is 2.94. The Kier molecular flexibility index (Phi) is 3.25. The standard InChI is InChI=1S/C11H12IN3/c1-8(11-6-7-13-15-11)14-10-4-2-9(12)3-5-10/h2-8,14H,1H3,(H,13,15). The lowest BCUT2D eigenvalue weighted by Gasteiger charge is -2.13. The van der Waals surface area contributed by atoms with Crippen LogP contribution in [0, 0.1) is 3.57 Å². The van der Waals surface area contributed by atoms with E-state index in [2.05, 4.69) is 69.3 Å². The highest BCUT2D eigenvalue weighted by molar-refractivity contribution is 14.1. The zero-order valence-electron chi connectivity index (χ0n) is 8.37. The first-order chi connectivity index (χ1) is 7.25. The molecular weight excluding hydrogens is 301 g/mol. The maximum atomic E-state index is 3.93. The number of anilines is 1. The summed E-state index contributed by atoms with van der Waals surface area (Å²) in [7, 11) is 0. The highest BCUT2D eigenvalue weighted by Gasteiger charge is 2.05. The molecular formula is C11H12IN3. The SMILES string of the molecule is CC(Nc1ccc(I)cc1)c1ccn[nH]1. The van der Waals surface area contributed by atoms with Gasteiger partial charge in [0.25, 0.3) is 0 Å². The molecule has 15 heavy (non-hydrogen) atoms. The Morgan fingerprint density at radius 3 is 2.60 bits per heavy atom. The van der Waals surface area contributed by atoms with E-state index in [0.717, 1.165) is 11.4 Å². The summed E-state index contributed by atoms with van der Waals surface area (Å²) in [5.74, 6) is 0. The van der Waals surface area contributed by atoms with E-state index in [1.165, 1.54) is 3.57 Å². The van der Waals surface area contributed by atoms with Crippen molar-refractivity contribution in [1.29, 1.82) is 0 Å². The lowest BCUT2D eigenvalue weighted by Crippen LogP contribution is -2.06. The van der Waals surface area contributed by atoms with Gasteiger partial charge in [-0.3, -0.25) is 5.10 Å². The molecule has 2 aromatic rings. The van der Waals surface area contributed by atoms with E-state index in [0.29, 0.717) is 0 Å². The number of H-pyrrole nitrogens is 1. The summed E-state index contributed by atoms with van der Waals surface area (Å²) in [6, 6.07) is 10.5. The minimum atomic E-state index is 0.243. The van der Waals surface area contributed by atoms with Crippen LogP contribution in [-0.4, -0.2) is 10.2 Å². The highest BCUT2D eigenvalue weighted by atomic mass is 127. The Balaban J connectivity index is 2.06. The normalized spacial score (nSPS) is 12.4. The van der Waals surface area contributed by atoms with Crippen molar-refractivity contribution in [3.63, 3.8) is 0 Å². The first kappa shape index (κ1) is 10.5. The van der Waals surface area contributed by atoms with E-state index < -0.39 is 0 Å². The number of nitrogens with one attached hydrogen (secondary N) is 2. The summed E-state index contributed by atoms with van der Waals surface area (Å²) in [6.07, 6.45) is 1.77. The van der Waals surface area contributed by atoms with Crippen LogP contribution in [0.15, 0.2) is 36.5 Å². The van der Waals surface area contributed by atoms with Gasteiger partial charge in [-0.2, -0.15) is 5.10 Å². The minimum Gasteiger partial charge on any atom is -0.377 e. The Bertz CT molecular complexity index is 408. The van der Waals surface area contributed by atoms with Crippen LogP contribution in [0.4, 0.5) is 5.69 Å². The number of benzene rings is 1. The molecule has 0 radical (unpaired) electrons. The van der Waals surface area contributed by atoms with E-state index >= 15 is 0 Å². The average molecular weight is 313 g/mol. The van der Waals surface area contributed by atoms with E-state index in [1.807, 2.05) is 6.07 Å². The van der Waals surface area contributed by atoms with Crippen LogP contribution in [-0.2, 0) is 0 Å². The van der Waals surface area contributed by atoms with Gasteiger partial charge in [0.05, 0.1) is 11.7 Å². The summed E-state index contributed by atoms with van der Waals surface area (Å²) in [5.41, 5.74) is 2.21. The summed E-state index contributed by atoms with van der Waals surface area (Å²) >= 11 is 2.30. The van der Waals surface area contributed by atoms with Crippen molar-refractivity contribution in [3.05, 3.63) is 45.8 Å². The highest BCUT2D eigenvalue weighted by Crippen LogP contribution is 2.18. The maximum absolute atomic E-state index is 3.93. The number of rotatable bonds is 3. The number of aromatic amines is 1. The number of halogens is 1. The van der Waals surface area contributed by atoms with E-state index in [-0.39, 0.29) is 6.04 Å². The van der Waals surface area contributed by atoms with Crippen molar-refractivity contribution >= 4 is 28.3 Å². The van der Waals surface area contributed by atoms with E-state index in [4.69, 9.17) is 0 Å². The van der Waals surface area contributed by atoms with Gasteiger partial charge >= 0.3 is 0 Å². The Hall–Kier alpha value is -1.04. The molecule has 1 aromatic heterocycles. The van der Waals surface area contributed by atoms with Crippen molar-refractivity contribution in [3.8, 4) is 0 Å². The molecule has 1 unspecified atom stereocenters. The second-order valence-electron chi connectivity index (χ2n) is 3.38. The predicted molar refractivity (Wildman–Crippen MR) is 69.8 cm³/mol. The zero-order valence-corrected chi connectivity index (χ0v) is 10.5. The molecule has 0 fully saturated rings. The molecule has 0 aliphatic heterocycles. The first-order valence-electron chi connectivity index (χ1n) is 4.77. The van der Waals surface area contributed by atoms with Crippen LogP contribution in [0.25, 0.3) is 0 Å². The molecule has 3 nitrogen and oxygen atoms in total. The fraction of sp³-hybridized carbons (Fsp3) is 0.182. The van der Waals surface area contributed by atoms with Crippen LogP contribution in [0.5, 0.6) is 0 Å². The van der Waals surface area contributed by atoms with Gasteiger partial charge in [-0.1, -0.05) is 0 Å². The zero-order chi connectivity index (χ0) is 10.7. The van der Waals surface area contributed by atoms with Gasteiger partial charge in [0.1, 0.15) is 0 Å². The molecule has 78 valence electrons. The van der Waals surface area contributed by atoms with Crippen LogP contribution in [0.1, 0.15) is 18.7 Å². The summed E-state index contributed by atoms with van der Waals surface area (Å²) in [4.78, 5) is 0. The maximum Gasteiger partial charge on any atom is 0.0651 e. The molecule has 0 saturated heterocycles. The smallest absolute Gasteiger partial charge is 0.0651 e. The number of hydrogen-bond donors (Lipinski definition) is 2. The van der Waals surface area contributed by atoms with Crippen molar-refractivity contribution in [2.75, 3.05) is 5.32 Å². The molecule has 1 atom stereocenters. The Labute approximate surface area is 102 Å². The Morgan fingerprint density at radius 2 is 2.00 bits per heavy atom. The average Bonchev–Trinajstić information content (AvgIpc) is 2.74. The topological polar surface area (TPSA) is 40.7 Å². The molecule has 0 aliphatic rings. The molecule has 1 aromatic carbocycles. The summed E-state index contributed by atoms with van der Waals surface area (Å²) in [6.45, 7) is 2.10. The Morgan fingerprint density at radius 1 is 1.27 bits per heavy atom. The van der Waals surface area contributed by atoms with E-state index in [9.17, 15) is 0 Å². The van der Waals surface area contributed by atoms with Gasteiger partial charge in [0, 0.05) is 15.5 Å². The predicted octanol–water partition coefficient (Wildman–Crippen LogP) is 3.19. The summed E-state index contributed by atoms with van der Waals surface area (Å²) in [5, 5.41) is 10.3. The molecule has 2 N–H and O–H groups in total. The van der Waals surface area contributed by atoms with Gasteiger partial charge in [-0.05, 0) is 59.8 Å². The van der Waals surface area contributed by atoms with Crippen LogP contribution >= 0.6 is 22.6 Å². The number of hydrogen-bond acceptors (Lipinski definition) is 2. The van der Waals surface area contributed by atoms with Crippen LogP contribution in [0.3, 0.4) is 0 Å². The number of aromatic nitrogens is 2. The third-order valence-electron chi connectivity index (χ3n) is 2.22. The molecule has 4 heteroatoms. The molecule has 0 aliphatic carbocycles. The van der Waals surface area contributed by atoms with Gasteiger partial charge < -0.3 is 5.32 Å². The van der Waals surface area contributed by atoms with Gasteiger partial charge in [0.15, 0.2) is 0 Å². The molecule has 0 spiro atoms. The largest absolute Gasteiger partial charge is 0.377 e. The van der Waals surface area contributed by atoms with Crippen LogP contribution in [0.2, 0.25) is 0 Å². The lowest BCUT2D eigenvalue weighted by atomic mass is 10.2. The minimum absolute atomic E-state index is 0.243. The van der Waals surface area contributed by atoms with E-state index in [1.54, 1.807) is 6.20 Å². The van der Waals surface area contributed by atoms with Gasteiger partial charge in [-0.25, -0.2) is 0 Å². The van der Waals surface area contributed by atoms with Crippen LogP contribution < -0.4 is 5.32 Å². The molecule has 0 saturated carbocycles. The second-order valence-corrected chi connectivity index (χ2v) is 4.63. The van der Waals surface area contributed by atoms with Crippen molar-refractivity contribution in [2.24, 2.45) is 0 Å². The van der Waals surface area contributed by atoms with Gasteiger partial charge in [-0.15, -0.1) is 0 Å². The summed E-state index contributed by atoms with van der Waals surface area (Å²) < 4.78 is 1.24. The van der Waals surface area contributed by atoms with Crippen molar-refractivity contribution in [1.82, 2.24) is 10.2 Å². The fourth-order valence-electron chi connectivity index (χ4n) is 1.38. The molecule has 0 bridgehead atoms. The molecule has 0 amide bonds. The van der Waals surface area contributed by atoms with Crippen molar-refractivity contribution < 1.29 is 0 Å². The second kappa shape index (κ2) is 4.65. The monoisotopic (exact) mass is 313 g/mol. The van der Waals surface area contributed by atoms with Gasteiger partial charge in [0.2, 0.25) is 0 Å². The molecule has 2 rings (SSSR count). The quantitative estimate of drug-likeness (QED) is 0.855. The lowest BCUT2D eigenvalue weighted by molar-refractivity contribution is 0.825. The number of nitrogens with zero attached hydrogens (tertiary/aromatic N) is 1.